The number of aryl methyl sites for hydroxylation is 1. The molecule has 0 aliphatic heterocycles. The van der Waals surface area contributed by atoms with E-state index in [9.17, 15) is 4.79 Å². The summed E-state index contributed by atoms with van der Waals surface area (Å²) >= 11 is 0. The average molecular weight is 155 g/mol. The van der Waals surface area contributed by atoms with Gasteiger partial charge in [0, 0.05) is 5.56 Å². The summed E-state index contributed by atoms with van der Waals surface area (Å²) in [4.78, 5) is 10.5. The molecule has 0 fully saturated rings. The molecule has 0 atom stereocenters. The van der Waals surface area contributed by atoms with Crippen LogP contribution in [0.4, 0.5) is 0 Å². The van der Waals surface area contributed by atoms with Crippen molar-refractivity contribution >= 4 is 5.97 Å². The average Bonchev–Trinajstić information content (AvgIpc) is 2.30. The number of carboxylic acid groups (broad SMARTS) is 1. The van der Waals surface area contributed by atoms with Gasteiger partial charge in [-0.3, -0.25) is 0 Å². The molecule has 4 heteroatoms. The van der Waals surface area contributed by atoms with E-state index in [4.69, 9.17) is 15.3 Å². The molecule has 60 valence electrons. The maximum absolute atomic E-state index is 10.5. The van der Waals surface area contributed by atoms with Gasteiger partial charge in [0.15, 0.2) is 0 Å². The summed E-state index contributed by atoms with van der Waals surface area (Å²) in [7, 11) is 0. The van der Waals surface area contributed by atoms with Gasteiger partial charge in [0.1, 0.15) is 11.3 Å². The smallest absolute Gasteiger partial charge is 0.339 e. The van der Waals surface area contributed by atoms with Gasteiger partial charge in [-0.2, -0.15) is 0 Å². The Morgan fingerprint density at radius 1 is 1.82 bits per heavy atom. The lowest BCUT2D eigenvalue weighted by atomic mass is 10.2. The van der Waals surface area contributed by atoms with Crippen LogP contribution < -0.4 is 5.73 Å². The standard InChI is InChI=1S/C7H9NO3/c1-4-3-11-5(2-8)6(4)7(9)10/h3H,2,8H2,1H3,(H,9,10). The maximum Gasteiger partial charge on any atom is 0.339 e. The Balaban J connectivity index is 3.17. The van der Waals surface area contributed by atoms with Crippen LogP contribution in [-0.4, -0.2) is 11.1 Å². The fraction of sp³-hybridized carbons (Fsp3) is 0.286. The summed E-state index contributed by atoms with van der Waals surface area (Å²) in [6.07, 6.45) is 1.39. The molecule has 0 aromatic carbocycles. The van der Waals surface area contributed by atoms with Gasteiger partial charge in [0.05, 0.1) is 12.8 Å². The van der Waals surface area contributed by atoms with E-state index in [1.165, 1.54) is 6.26 Å². The van der Waals surface area contributed by atoms with Crippen LogP contribution in [0.1, 0.15) is 21.7 Å². The highest BCUT2D eigenvalue weighted by molar-refractivity contribution is 5.90. The third-order valence-electron chi connectivity index (χ3n) is 1.45. The largest absolute Gasteiger partial charge is 0.478 e. The molecule has 0 amide bonds. The molecule has 0 bridgehead atoms. The Morgan fingerprint density at radius 3 is 2.82 bits per heavy atom. The molecule has 3 N–H and O–H groups in total. The van der Waals surface area contributed by atoms with E-state index >= 15 is 0 Å². The number of carboxylic acids is 1. The van der Waals surface area contributed by atoms with Gasteiger partial charge in [-0.05, 0) is 6.92 Å². The highest BCUT2D eigenvalue weighted by Gasteiger charge is 2.15. The highest BCUT2D eigenvalue weighted by atomic mass is 16.4. The summed E-state index contributed by atoms with van der Waals surface area (Å²) in [5.74, 6) is -0.660. The molecule has 11 heavy (non-hydrogen) atoms. The van der Waals surface area contributed by atoms with E-state index in [0.29, 0.717) is 11.3 Å². The minimum Gasteiger partial charge on any atom is -0.478 e. The van der Waals surface area contributed by atoms with Crippen LogP contribution in [0.2, 0.25) is 0 Å². The quantitative estimate of drug-likeness (QED) is 0.660. The first-order chi connectivity index (χ1) is 5.16. The van der Waals surface area contributed by atoms with Gasteiger partial charge in [-0.15, -0.1) is 0 Å². The molecule has 1 heterocycles. The Kier molecular flexibility index (Phi) is 1.96. The van der Waals surface area contributed by atoms with E-state index in [1.807, 2.05) is 0 Å². The third-order valence-corrected chi connectivity index (χ3v) is 1.45. The molecule has 0 saturated carbocycles. The van der Waals surface area contributed by atoms with E-state index in [1.54, 1.807) is 6.92 Å². The van der Waals surface area contributed by atoms with Crippen LogP contribution in [0.25, 0.3) is 0 Å². The van der Waals surface area contributed by atoms with Crippen molar-refractivity contribution in [3.8, 4) is 0 Å². The zero-order valence-electron chi connectivity index (χ0n) is 6.13. The van der Waals surface area contributed by atoms with Gasteiger partial charge in [0.25, 0.3) is 0 Å². The monoisotopic (exact) mass is 155 g/mol. The minimum atomic E-state index is -0.989. The topological polar surface area (TPSA) is 76.5 Å². The van der Waals surface area contributed by atoms with Crippen molar-refractivity contribution in [3.05, 3.63) is 23.2 Å². The Bertz CT molecular complexity index is 277. The first kappa shape index (κ1) is 7.81. The Morgan fingerprint density at radius 2 is 2.45 bits per heavy atom. The van der Waals surface area contributed by atoms with Crippen LogP contribution in [0.3, 0.4) is 0 Å². The number of hydrogen-bond acceptors (Lipinski definition) is 3. The van der Waals surface area contributed by atoms with Gasteiger partial charge in [0.2, 0.25) is 0 Å². The van der Waals surface area contributed by atoms with Crippen molar-refractivity contribution in [1.82, 2.24) is 0 Å². The molecule has 0 saturated heterocycles. The second-order valence-corrected chi connectivity index (χ2v) is 2.23. The van der Waals surface area contributed by atoms with Crippen LogP contribution in [0, 0.1) is 6.92 Å². The number of carbonyl (C=O) groups is 1. The Hall–Kier alpha value is -1.29. The van der Waals surface area contributed by atoms with Crippen molar-refractivity contribution in [1.29, 1.82) is 0 Å². The van der Waals surface area contributed by atoms with Gasteiger partial charge < -0.3 is 15.3 Å². The fourth-order valence-electron chi connectivity index (χ4n) is 0.935. The highest BCUT2D eigenvalue weighted by Crippen LogP contribution is 2.15. The van der Waals surface area contributed by atoms with E-state index in [0.717, 1.165) is 0 Å². The molecule has 0 unspecified atom stereocenters. The van der Waals surface area contributed by atoms with E-state index < -0.39 is 5.97 Å². The summed E-state index contributed by atoms with van der Waals surface area (Å²) in [6, 6.07) is 0. The first-order valence-corrected chi connectivity index (χ1v) is 3.17. The van der Waals surface area contributed by atoms with Gasteiger partial charge in [-0.25, -0.2) is 4.79 Å². The predicted octanol–water partition coefficient (Wildman–Crippen LogP) is 0.745. The summed E-state index contributed by atoms with van der Waals surface area (Å²) in [6.45, 7) is 1.79. The zero-order chi connectivity index (χ0) is 8.43. The molecule has 4 nitrogen and oxygen atoms in total. The second kappa shape index (κ2) is 2.75. The van der Waals surface area contributed by atoms with Crippen LogP contribution >= 0.6 is 0 Å². The maximum atomic E-state index is 10.5. The van der Waals surface area contributed by atoms with Crippen LogP contribution in [0.15, 0.2) is 10.7 Å². The predicted molar refractivity (Wildman–Crippen MR) is 38.3 cm³/mol. The van der Waals surface area contributed by atoms with E-state index in [-0.39, 0.29) is 12.1 Å². The summed E-state index contributed by atoms with van der Waals surface area (Å²) in [5, 5.41) is 8.65. The van der Waals surface area contributed by atoms with Crippen molar-refractivity contribution in [2.45, 2.75) is 13.5 Å². The van der Waals surface area contributed by atoms with Crippen molar-refractivity contribution in [2.75, 3.05) is 0 Å². The zero-order valence-corrected chi connectivity index (χ0v) is 6.13. The van der Waals surface area contributed by atoms with Crippen molar-refractivity contribution in [3.63, 3.8) is 0 Å². The molecule has 0 radical (unpaired) electrons. The molecular formula is C7H9NO3. The van der Waals surface area contributed by atoms with Gasteiger partial charge >= 0.3 is 5.97 Å². The van der Waals surface area contributed by atoms with E-state index in [2.05, 4.69) is 0 Å². The molecular weight excluding hydrogens is 146 g/mol. The van der Waals surface area contributed by atoms with Gasteiger partial charge in [-0.1, -0.05) is 0 Å². The SMILES string of the molecule is Cc1coc(CN)c1C(=O)O. The third kappa shape index (κ3) is 1.25. The fourth-order valence-corrected chi connectivity index (χ4v) is 0.935. The molecule has 1 aromatic rings. The second-order valence-electron chi connectivity index (χ2n) is 2.23. The molecule has 1 aromatic heterocycles. The lowest BCUT2D eigenvalue weighted by molar-refractivity contribution is 0.0694. The number of nitrogens with two attached hydrogens (primary N) is 1. The molecule has 0 aliphatic rings. The normalized spacial score (nSPS) is 10.0. The van der Waals surface area contributed by atoms with Crippen LogP contribution in [-0.2, 0) is 6.54 Å². The summed E-state index contributed by atoms with van der Waals surface area (Å²) < 4.78 is 4.90. The summed E-state index contributed by atoms with van der Waals surface area (Å²) in [5.41, 5.74) is 6.04. The number of aromatic carboxylic acids is 1. The molecule has 1 rings (SSSR count). The van der Waals surface area contributed by atoms with Crippen molar-refractivity contribution < 1.29 is 14.3 Å². The Labute approximate surface area is 63.6 Å². The molecule has 0 aliphatic carbocycles. The number of rotatable bonds is 2. The molecule has 0 spiro atoms. The lowest BCUT2D eigenvalue weighted by Gasteiger charge is -1.93. The number of hydrogen-bond donors (Lipinski definition) is 2. The lowest BCUT2D eigenvalue weighted by Crippen LogP contribution is -2.04. The number of furan rings is 1. The van der Waals surface area contributed by atoms with Crippen LogP contribution in [0.5, 0.6) is 0 Å². The first-order valence-electron chi connectivity index (χ1n) is 3.17. The minimum absolute atomic E-state index is 0.121. The van der Waals surface area contributed by atoms with Crippen molar-refractivity contribution in [2.24, 2.45) is 5.73 Å².